The predicted molar refractivity (Wildman–Crippen MR) is 72.8 cm³/mol. The van der Waals surface area contributed by atoms with E-state index in [2.05, 4.69) is 0 Å². The largest absolute Gasteiger partial charge is 0.493 e. The average Bonchev–Trinajstić information content (AvgIpc) is 2.31. The van der Waals surface area contributed by atoms with Gasteiger partial charge < -0.3 is 10.5 Å². The lowest BCUT2D eigenvalue weighted by molar-refractivity contribution is 0.342. The zero-order valence-electron chi connectivity index (χ0n) is 10.5. The van der Waals surface area contributed by atoms with Gasteiger partial charge in [-0.3, -0.25) is 4.21 Å². The van der Waals surface area contributed by atoms with Crippen LogP contribution in [0.2, 0.25) is 0 Å². The molecule has 0 aliphatic carbocycles. The highest BCUT2D eigenvalue weighted by molar-refractivity contribution is 7.85. The molecule has 0 heterocycles. The van der Waals surface area contributed by atoms with Gasteiger partial charge in [0.05, 0.1) is 12.4 Å². The lowest BCUT2D eigenvalue weighted by Gasteiger charge is -2.08. The van der Waals surface area contributed by atoms with Crippen LogP contribution in [0.5, 0.6) is 5.75 Å². The molecule has 0 saturated carbocycles. The summed E-state index contributed by atoms with van der Waals surface area (Å²) < 4.78 is 17.0. The number of hydrogen-bond donors (Lipinski definition) is 1. The fourth-order valence-corrected chi connectivity index (χ4v) is 2.12. The summed E-state index contributed by atoms with van der Waals surface area (Å²) in [6.45, 7) is 5.07. The second-order valence-electron chi connectivity index (χ2n) is 4.16. The van der Waals surface area contributed by atoms with Crippen LogP contribution in [0, 0.1) is 0 Å². The highest BCUT2D eigenvalue weighted by atomic mass is 32.2. The minimum atomic E-state index is -0.794. The first kappa shape index (κ1) is 14.2. The Morgan fingerprint density at radius 3 is 2.47 bits per heavy atom. The Bertz CT molecular complexity index is 349. The monoisotopic (exact) mass is 255 g/mol. The van der Waals surface area contributed by atoms with Gasteiger partial charge in [0.2, 0.25) is 0 Å². The Hall–Kier alpha value is -0.870. The number of rotatable bonds is 7. The zero-order valence-corrected chi connectivity index (χ0v) is 11.3. The van der Waals surface area contributed by atoms with Gasteiger partial charge in [-0.25, -0.2) is 0 Å². The van der Waals surface area contributed by atoms with Crippen molar-refractivity contribution >= 4 is 10.8 Å². The fraction of sp³-hybridized carbons (Fsp3) is 0.538. The summed E-state index contributed by atoms with van der Waals surface area (Å²) in [5, 5.41) is 0.200. The molecule has 0 amide bonds. The number of benzene rings is 1. The molecule has 96 valence electrons. The minimum absolute atomic E-state index is 0.200. The summed E-state index contributed by atoms with van der Waals surface area (Å²) in [6.07, 6.45) is 0.887. The highest BCUT2D eigenvalue weighted by Gasteiger charge is 2.04. The normalized spacial score (nSPS) is 12.7. The van der Waals surface area contributed by atoms with Crippen molar-refractivity contribution in [2.45, 2.75) is 25.5 Å². The summed E-state index contributed by atoms with van der Waals surface area (Å²) in [4.78, 5) is 0. The van der Waals surface area contributed by atoms with Crippen LogP contribution in [0.3, 0.4) is 0 Å². The summed E-state index contributed by atoms with van der Waals surface area (Å²) in [5.74, 6) is 1.41. The lowest BCUT2D eigenvalue weighted by atomic mass is 10.1. The quantitative estimate of drug-likeness (QED) is 0.807. The van der Waals surface area contributed by atoms with Gasteiger partial charge in [0.25, 0.3) is 0 Å². The first-order valence-electron chi connectivity index (χ1n) is 5.92. The third-order valence-corrected chi connectivity index (χ3v) is 4.06. The van der Waals surface area contributed by atoms with Crippen LogP contribution in [-0.4, -0.2) is 28.4 Å². The Morgan fingerprint density at radius 1 is 1.29 bits per heavy atom. The van der Waals surface area contributed by atoms with Gasteiger partial charge >= 0.3 is 0 Å². The Kier molecular flexibility index (Phi) is 6.22. The predicted octanol–water partition coefficient (Wildman–Crippen LogP) is 1.72. The van der Waals surface area contributed by atoms with Crippen LogP contribution < -0.4 is 10.5 Å². The summed E-state index contributed by atoms with van der Waals surface area (Å²) in [7, 11) is -0.794. The van der Waals surface area contributed by atoms with E-state index in [-0.39, 0.29) is 5.25 Å². The second kappa shape index (κ2) is 7.45. The standard InChI is InChI=1S/C13H21NO2S/c1-11(2)17(15)10-9-16-13-5-3-12(4-6-13)7-8-14/h3-6,11H,7-10,14H2,1-2H3. The Labute approximate surface area is 106 Å². The first-order chi connectivity index (χ1) is 8.13. The maximum Gasteiger partial charge on any atom is 0.119 e. The molecule has 0 saturated heterocycles. The summed E-state index contributed by atoms with van der Waals surface area (Å²) in [6, 6.07) is 7.90. The van der Waals surface area contributed by atoms with Crippen molar-refractivity contribution in [3.05, 3.63) is 29.8 Å². The molecular weight excluding hydrogens is 234 g/mol. The molecule has 0 radical (unpaired) electrons. The van der Waals surface area contributed by atoms with E-state index in [1.165, 1.54) is 5.56 Å². The van der Waals surface area contributed by atoms with E-state index < -0.39 is 10.8 Å². The van der Waals surface area contributed by atoms with E-state index >= 15 is 0 Å². The molecule has 1 aromatic rings. The smallest absolute Gasteiger partial charge is 0.119 e. The van der Waals surface area contributed by atoms with E-state index in [1.54, 1.807) is 0 Å². The van der Waals surface area contributed by atoms with Gasteiger partial charge in [-0.05, 0) is 30.7 Å². The maximum atomic E-state index is 11.5. The fourth-order valence-electron chi connectivity index (χ4n) is 1.40. The molecule has 0 aromatic heterocycles. The summed E-state index contributed by atoms with van der Waals surface area (Å²) in [5.41, 5.74) is 6.69. The van der Waals surface area contributed by atoms with Crippen LogP contribution in [0.4, 0.5) is 0 Å². The van der Waals surface area contributed by atoms with Gasteiger partial charge in [-0.2, -0.15) is 0 Å². The van der Waals surface area contributed by atoms with Crippen molar-refractivity contribution in [2.75, 3.05) is 18.9 Å². The molecule has 1 atom stereocenters. The SMILES string of the molecule is CC(C)S(=O)CCOc1ccc(CCN)cc1. The number of hydrogen-bond acceptors (Lipinski definition) is 3. The second-order valence-corrected chi connectivity index (χ2v) is 6.28. The van der Waals surface area contributed by atoms with Gasteiger partial charge in [0.1, 0.15) is 5.75 Å². The average molecular weight is 255 g/mol. The van der Waals surface area contributed by atoms with Crippen molar-refractivity contribution < 1.29 is 8.95 Å². The molecule has 0 aliphatic rings. The van der Waals surface area contributed by atoms with Gasteiger partial charge in [-0.1, -0.05) is 26.0 Å². The minimum Gasteiger partial charge on any atom is -0.493 e. The van der Waals surface area contributed by atoms with Crippen molar-refractivity contribution in [3.63, 3.8) is 0 Å². The lowest BCUT2D eigenvalue weighted by Crippen LogP contribution is -2.15. The molecule has 3 nitrogen and oxygen atoms in total. The van der Waals surface area contributed by atoms with Crippen molar-refractivity contribution in [2.24, 2.45) is 5.73 Å². The van der Waals surface area contributed by atoms with Crippen LogP contribution in [0.15, 0.2) is 24.3 Å². The molecule has 17 heavy (non-hydrogen) atoms. The molecular formula is C13H21NO2S. The molecule has 1 unspecified atom stereocenters. The van der Waals surface area contributed by atoms with Crippen LogP contribution >= 0.6 is 0 Å². The molecule has 1 aromatic carbocycles. The highest BCUT2D eigenvalue weighted by Crippen LogP contribution is 2.12. The van der Waals surface area contributed by atoms with Crippen LogP contribution in [0.1, 0.15) is 19.4 Å². The molecule has 0 aliphatic heterocycles. The topological polar surface area (TPSA) is 52.3 Å². The van der Waals surface area contributed by atoms with Gasteiger partial charge in [0, 0.05) is 16.0 Å². The Balaban J connectivity index is 2.34. The Morgan fingerprint density at radius 2 is 1.94 bits per heavy atom. The van der Waals surface area contributed by atoms with E-state index in [1.807, 2.05) is 38.1 Å². The molecule has 2 N–H and O–H groups in total. The third-order valence-electron chi connectivity index (χ3n) is 2.44. The number of ether oxygens (including phenoxy) is 1. The number of nitrogens with two attached hydrogens (primary N) is 1. The van der Waals surface area contributed by atoms with Crippen molar-refractivity contribution in [1.82, 2.24) is 0 Å². The van der Waals surface area contributed by atoms with E-state index in [4.69, 9.17) is 10.5 Å². The molecule has 0 fully saturated rings. The summed E-state index contributed by atoms with van der Waals surface area (Å²) >= 11 is 0. The van der Waals surface area contributed by atoms with Crippen molar-refractivity contribution in [3.8, 4) is 5.75 Å². The van der Waals surface area contributed by atoms with Crippen molar-refractivity contribution in [1.29, 1.82) is 0 Å². The van der Waals surface area contributed by atoms with Crippen LogP contribution in [0.25, 0.3) is 0 Å². The van der Waals surface area contributed by atoms with Crippen LogP contribution in [-0.2, 0) is 17.2 Å². The first-order valence-corrected chi connectivity index (χ1v) is 7.30. The molecule has 1 rings (SSSR count). The van der Waals surface area contributed by atoms with E-state index in [9.17, 15) is 4.21 Å². The van der Waals surface area contributed by atoms with Gasteiger partial charge in [0.15, 0.2) is 0 Å². The molecule has 4 heteroatoms. The maximum absolute atomic E-state index is 11.5. The van der Waals surface area contributed by atoms with Gasteiger partial charge in [-0.15, -0.1) is 0 Å². The molecule has 0 spiro atoms. The molecule has 0 bridgehead atoms. The van der Waals surface area contributed by atoms with E-state index in [0.717, 1.165) is 12.2 Å². The zero-order chi connectivity index (χ0) is 12.7. The van der Waals surface area contributed by atoms with E-state index in [0.29, 0.717) is 18.9 Å². The third kappa shape index (κ3) is 5.33.